The topological polar surface area (TPSA) is 72.9 Å². The fourth-order valence-electron chi connectivity index (χ4n) is 1.78. The highest BCUT2D eigenvalue weighted by atomic mass is 16.1. The second-order valence-corrected chi connectivity index (χ2v) is 4.20. The van der Waals surface area contributed by atoms with Crippen LogP contribution >= 0.6 is 0 Å². The number of hydrogen-bond donors (Lipinski definition) is 2. The van der Waals surface area contributed by atoms with Crippen molar-refractivity contribution in [2.45, 2.75) is 13.5 Å². The lowest BCUT2D eigenvalue weighted by molar-refractivity contribution is 0.0949. The number of nitrogens with one attached hydrogen (secondary N) is 1. The molecule has 0 fully saturated rings. The van der Waals surface area contributed by atoms with Gasteiger partial charge in [-0.15, -0.1) is 0 Å². The maximum atomic E-state index is 12.0. The Morgan fingerprint density at radius 3 is 2.83 bits per heavy atom. The normalized spacial score (nSPS) is 10.3. The van der Waals surface area contributed by atoms with Gasteiger partial charge in [0, 0.05) is 24.5 Å². The molecule has 5 heteroatoms. The minimum Gasteiger partial charge on any atom is -0.399 e. The number of nitrogens with zero attached hydrogens (tertiary/aromatic N) is 2. The Morgan fingerprint density at radius 2 is 2.22 bits per heavy atom. The highest BCUT2D eigenvalue weighted by Gasteiger charge is 2.09. The number of amides is 1. The Labute approximate surface area is 106 Å². The molecule has 0 unspecified atom stereocenters. The number of rotatable bonds is 3. The van der Waals surface area contributed by atoms with Crippen LogP contribution in [-0.4, -0.2) is 15.7 Å². The molecule has 0 spiro atoms. The number of nitrogen functional groups attached to an aromatic ring is 1. The highest BCUT2D eigenvalue weighted by Crippen LogP contribution is 2.12. The number of carbonyl (C=O) groups excluding carboxylic acids is 1. The number of aryl methyl sites for hydroxylation is 2. The van der Waals surface area contributed by atoms with Gasteiger partial charge in [0.2, 0.25) is 0 Å². The molecule has 0 saturated heterocycles. The monoisotopic (exact) mass is 244 g/mol. The number of aromatic nitrogens is 2. The number of anilines is 1. The zero-order valence-electron chi connectivity index (χ0n) is 10.5. The van der Waals surface area contributed by atoms with Gasteiger partial charge in [-0.3, -0.25) is 9.48 Å². The van der Waals surface area contributed by atoms with Crippen LogP contribution in [0.3, 0.4) is 0 Å². The first-order chi connectivity index (χ1) is 8.58. The lowest BCUT2D eigenvalue weighted by Gasteiger charge is -2.08. The maximum absolute atomic E-state index is 12.0. The fourth-order valence-corrected chi connectivity index (χ4v) is 1.78. The van der Waals surface area contributed by atoms with Crippen molar-refractivity contribution in [3.05, 3.63) is 47.3 Å². The summed E-state index contributed by atoms with van der Waals surface area (Å²) in [6, 6.07) is 7.13. The number of hydrogen-bond acceptors (Lipinski definition) is 3. The van der Waals surface area contributed by atoms with Crippen molar-refractivity contribution in [3.63, 3.8) is 0 Å². The quantitative estimate of drug-likeness (QED) is 0.798. The van der Waals surface area contributed by atoms with Gasteiger partial charge in [0.1, 0.15) is 0 Å². The van der Waals surface area contributed by atoms with Gasteiger partial charge in [-0.05, 0) is 36.8 Å². The average Bonchev–Trinajstić information content (AvgIpc) is 2.72. The van der Waals surface area contributed by atoms with E-state index >= 15 is 0 Å². The van der Waals surface area contributed by atoms with Crippen molar-refractivity contribution in [2.75, 3.05) is 5.73 Å². The lowest BCUT2D eigenvalue weighted by atomic mass is 10.1. The zero-order chi connectivity index (χ0) is 13.1. The Bertz CT molecular complexity index is 574. The average molecular weight is 244 g/mol. The van der Waals surface area contributed by atoms with Crippen molar-refractivity contribution in [3.8, 4) is 0 Å². The van der Waals surface area contributed by atoms with E-state index in [1.807, 2.05) is 20.0 Å². The van der Waals surface area contributed by atoms with Crippen LogP contribution in [0.2, 0.25) is 0 Å². The third-order valence-corrected chi connectivity index (χ3v) is 2.85. The van der Waals surface area contributed by atoms with Gasteiger partial charge in [-0.1, -0.05) is 0 Å². The van der Waals surface area contributed by atoms with E-state index in [9.17, 15) is 4.79 Å². The molecule has 1 amide bonds. The number of nitrogens with two attached hydrogens (primary N) is 1. The van der Waals surface area contributed by atoms with E-state index in [-0.39, 0.29) is 5.91 Å². The Kier molecular flexibility index (Phi) is 3.32. The molecule has 0 aliphatic heterocycles. The van der Waals surface area contributed by atoms with Crippen LogP contribution in [-0.2, 0) is 13.6 Å². The molecule has 0 aliphatic rings. The molecule has 1 heterocycles. The highest BCUT2D eigenvalue weighted by molar-refractivity contribution is 5.95. The molecular weight excluding hydrogens is 228 g/mol. The van der Waals surface area contributed by atoms with Gasteiger partial charge in [-0.2, -0.15) is 5.10 Å². The molecule has 0 aliphatic carbocycles. The van der Waals surface area contributed by atoms with Crippen molar-refractivity contribution in [2.24, 2.45) is 7.05 Å². The predicted octanol–water partition coefficient (Wildman–Crippen LogP) is 1.24. The van der Waals surface area contributed by atoms with Crippen molar-refractivity contribution >= 4 is 11.6 Å². The third kappa shape index (κ3) is 2.51. The van der Waals surface area contributed by atoms with Gasteiger partial charge >= 0.3 is 0 Å². The van der Waals surface area contributed by atoms with Crippen molar-refractivity contribution < 1.29 is 4.79 Å². The molecule has 3 N–H and O–H groups in total. The molecule has 1 aromatic heterocycles. The van der Waals surface area contributed by atoms with Gasteiger partial charge in [0.15, 0.2) is 0 Å². The molecule has 5 nitrogen and oxygen atoms in total. The molecule has 1 aromatic carbocycles. The summed E-state index contributed by atoms with van der Waals surface area (Å²) in [6.07, 6.45) is 1.70. The summed E-state index contributed by atoms with van der Waals surface area (Å²) in [6.45, 7) is 2.33. The zero-order valence-corrected chi connectivity index (χ0v) is 10.5. The van der Waals surface area contributed by atoms with E-state index < -0.39 is 0 Å². The summed E-state index contributed by atoms with van der Waals surface area (Å²) in [5, 5.41) is 6.91. The summed E-state index contributed by atoms with van der Waals surface area (Å²) >= 11 is 0. The van der Waals surface area contributed by atoms with Crippen molar-refractivity contribution in [1.82, 2.24) is 15.1 Å². The second kappa shape index (κ2) is 4.91. The molecule has 2 aromatic rings. The van der Waals surface area contributed by atoms with E-state index in [0.717, 1.165) is 11.3 Å². The first kappa shape index (κ1) is 12.2. The number of carbonyl (C=O) groups is 1. The van der Waals surface area contributed by atoms with E-state index in [2.05, 4.69) is 10.4 Å². The Hall–Kier alpha value is -2.30. The molecule has 0 bridgehead atoms. The number of benzene rings is 1. The maximum Gasteiger partial charge on any atom is 0.251 e. The van der Waals surface area contributed by atoms with Crippen molar-refractivity contribution in [1.29, 1.82) is 0 Å². The summed E-state index contributed by atoms with van der Waals surface area (Å²) in [5.74, 6) is -0.103. The molecule has 0 saturated carbocycles. The molecule has 18 heavy (non-hydrogen) atoms. The summed E-state index contributed by atoms with van der Waals surface area (Å²) in [4.78, 5) is 12.0. The molecule has 94 valence electrons. The van der Waals surface area contributed by atoms with E-state index in [0.29, 0.717) is 17.8 Å². The summed E-state index contributed by atoms with van der Waals surface area (Å²) in [7, 11) is 1.84. The first-order valence-corrected chi connectivity index (χ1v) is 5.69. The minimum atomic E-state index is -0.103. The van der Waals surface area contributed by atoms with E-state index in [4.69, 9.17) is 5.73 Å². The van der Waals surface area contributed by atoms with Crippen LogP contribution in [0.25, 0.3) is 0 Å². The largest absolute Gasteiger partial charge is 0.399 e. The van der Waals surface area contributed by atoms with Crippen LogP contribution in [0.5, 0.6) is 0 Å². The van der Waals surface area contributed by atoms with Crippen LogP contribution in [0.15, 0.2) is 30.5 Å². The lowest BCUT2D eigenvalue weighted by Crippen LogP contribution is -2.24. The summed E-state index contributed by atoms with van der Waals surface area (Å²) < 4.78 is 1.73. The van der Waals surface area contributed by atoms with Gasteiger partial charge in [0.05, 0.1) is 12.2 Å². The Balaban J connectivity index is 2.06. The first-order valence-electron chi connectivity index (χ1n) is 5.69. The third-order valence-electron chi connectivity index (χ3n) is 2.85. The molecule has 0 radical (unpaired) electrons. The van der Waals surface area contributed by atoms with Crippen LogP contribution < -0.4 is 11.1 Å². The molecule has 0 atom stereocenters. The minimum absolute atomic E-state index is 0.103. The van der Waals surface area contributed by atoms with Crippen LogP contribution in [0, 0.1) is 6.92 Å². The van der Waals surface area contributed by atoms with Gasteiger partial charge in [0.25, 0.3) is 5.91 Å². The molecular formula is C13H16N4O. The summed E-state index contributed by atoms with van der Waals surface area (Å²) in [5.41, 5.74) is 8.79. The standard InChI is InChI=1S/C13H16N4O/c1-9-7-10(14)3-4-12(9)13(18)15-8-11-5-6-16-17(11)2/h3-7H,8,14H2,1-2H3,(H,15,18). The molecule has 2 rings (SSSR count). The predicted molar refractivity (Wildman–Crippen MR) is 70.0 cm³/mol. The second-order valence-electron chi connectivity index (χ2n) is 4.20. The smallest absolute Gasteiger partial charge is 0.251 e. The van der Waals surface area contributed by atoms with Crippen LogP contribution in [0.4, 0.5) is 5.69 Å². The van der Waals surface area contributed by atoms with Gasteiger partial charge in [-0.25, -0.2) is 0 Å². The van der Waals surface area contributed by atoms with E-state index in [1.165, 1.54) is 0 Å². The van der Waals surface area contributed by atoms with E-state index in [1.54, 1.807) is 29.1 Å². The fraction of sp³-hybridized carbons (Fsp3) is 0.231. The Morgan fingerprint density at radius 1 is 1.44 bits per heavy atom. The van der Waals surface area contributed by atoms with Crippen LogP contribution in [0.1, 0.15) is 21.6 Å². The van der Waals surface area contributed by atoms with Gasteiger partial charge < -0.3 is 11.1 Å². The SMILES string of the molecule is Cc1cc(N)ccc1C(=O)NCc1ccnn1C.